The van der Waals surface area contributed by atoms with E-state index in [1.165, 1.54) is 6.07 Å². The molecule has 2 nitrogen and oxygen atoms in total. The lowest BCUT2D eigenvalue weighted by atomic mass is 10.2. The molecule has 0 fully saturated rings. The maximum absolute atomic E-state index is 13.0. The van der Waals surface area contributed by atoms with E-state index in [0.29, 0.717) is 11.4 Å². The Morgan fingerprint density at radius 2 is 1.76 bits per heavy atom. The Morgan fingerprint density at radius 3 is 2.41 bits per heavy atom. The SMILES string of the molecule is Cc1ccc(Oc2ccc(F)c(F)c2)c(N)c1. The molecule has 0 atom stereocenters. The maximum atomic E-state index is 13.0. The molecule has 0 amide bonds. The van der Waals surface area contributed by atoms with Crippen molar-refractivity contribution in [3.8, 4) is 11.5 Å². The van der Waals surface area contributed by atoms with Crippen LogP contribution in [-0.2, 0) is 0 Å². The summed E-state index contributed by atoms with van der Waals surface area (Å²) >= 11 is 0. The van der Waals surface area contributed by atoms with E-state index < -0.39 is 11.6 Å². The van der Waals surface area contributed by atoms with Crippen LogP contribution in [0.3, 0.4) is 0 Å². The molecule has 88 valence electrons. The summed E-state index contributed by atoms with van der Waals surface area (Å²) in [4.78, 5) is 0. The number of ether oxygens (including phenoxy) is 1. The number of hydrogen-bond donors (Lipinski definition) is 1. The first-order chi connectivity index (χ1) is 8.06. The van der Waals surface area contributed by atoms with Gasteiger partial charge in [0.05, 0.1) is 5.69 Å². The summed E-state index contributed by atoms with van der Waals surface area (Å²) in [5.74, 6) is -1.23. The topological polar surface area (TPSA) is 35.2 Å². The molecule has 0 heterocycles. The summed E-state index contributed by atoms with van der Waals surface area (Å²) in [6, 6.07) is 8.59. The second kappa shape index (κ2) is 4.41. The third kappa shape index (κ3) is 2.53. The van der Waals surface area contributed by atoms with E-state index in [0.717, 1.165) is 17.7 Å². The molecule has 0 bridgehead atoms. The van der Waals surface area contributed by atoms with Gasteiger partial charge in [0, 0.05) is 6.07 Å². The van der Waals surface area contributed by atoms with Crippen molar-refractivity contribution in [2.75, 3.05) is 5.73 Å². The van der Waals surface area contributed by atoms with Crippen LogP contribution < -0.4 is 10.5 Å². The van der Waals surface area contributed by atoms with E-state index >= 15 is 0 Å². The smallest absolute Gasteiger partial charge is 0.162 e. The Bertz CT molecular complexity index is 555. The molecule has 0 spiro atoms. The Kier molecular flexibility index (Phi) is 2.95. The van der Waals surface area contributed by atoms with Crippen molar-refractivity contribution < 1.29 is 13.5 Å². The van der Waals surface area contributed by atoms with Crippen molar-refractivity contribution in [1.29, 1.82) is 0 Å². The molecule has 2 aromatic rings. The fourth-order valence-electron chi connectivity index (χ4n) is 1.43. The third-order valence-corrected chi connectivity index (χ3v) is 2.28. The van der Waals surface area contributed by atoms with Gasteiger partial charge in [0.25, 0.3) is 0 Å². The van der Waals surface area contributed by atoms with Gasteiger partial charge in [0.2, 0.25) is 0 Å². The van der Waals surface area contributed by atoms with Gasteiger partial charge in [-0.25, -0.2) is 8.78 Å². The molecule has 2 N–H and O–H groups in total. The molecule has 4 heteroatoms. The number of rotatable bonds is 2. The molecule has 0 saturated heterocycles. The van der Waals surface area contributed by atoms with E-state index in [1.54, 1.807) is 12.1 Å². The summed E-state index contributed by atoms with van der Waals surface area (Å²) in [5.41, 5.74) is 7.20. The predicted octanol–water partition coefficient (Wildman–Crippen LogP) is 3.65. The molecule has 2 aromatic carbocycles. The van der Waals surface area contributed by atoms with Gasteiger partial charge in [-0.15, -0.1) is 0 Å². The minimum atomic E-state index is -0.951. The molecule has 2 rings (SSSR count). The monoisotopic (exact) mass is 235 g/mol. The van der Waals surface area contributed by atoms with Gasteiger partial charge in [-0.05, 0) is 36.8 Å². The summed E-state index contributed by atoms with van der Waals surface area (Å²) in [6.45, 7) is 1.90. The molecule has 0 unspecified atom stereocenters. The number of nitrogen functional groups attached to an aromatic ring is 1. The van der Waals surface area contributed by atoms with Crippen LogP contribution in [0.5, 0.6) is 11.5 Å². The quantitative estimate of drug-likeness (QED) is 0.806. The first kappa shape index (κ1) is 11.4. The van der Waals surface area contributed by atoms with E-state index in [-0.39, 0.29) is 5.75 Å². The zero-order valence-corrected chi connectivity index (χ0v) is 9.21. The molecule has 0 saturated carbocycles. The molecule has 0 aliphatic heterocycles. The zero-order valence-electron chi connectivity index (χ0n) is 9.21. The second-order valence-corrected chi connectivity index (χ2v) is 3.72. The predicted molar refractivity (Wildman–Crippen MR) is 62.0 cm³/mol. The number of aryl methyl sites for hydroxylation is 1. The van der Waals surface area contributed by atoms with E-state index in [9.17, 15) is 8.78 Å². The molecule has 0 radical (unpaired) electrons. The van der Waals surface area contributed by atoms with Crippen molar-refractivity contribution in [3.05, 3.63) is 53.6 Å². The van der Waals surface area contributed by atoms with Crippen LogP contribution in [0.4, 0.5) is 14.5 Å². The summed E-state index contributed by atoms with van der Waals surface area (Å²) in [5, 5.41) is 0. The zero-order chi connectivity index (χ0) is 12.4. The molecule has 0 aromatic heterocycles. The van der Waals surface area contributed by atoms with Crippen LogP contribution in [0.15, 0.2) is 36.4 Å². The normalized spacial score (nSPS) is 10.3. The lowest BCUT2D eigenvalue weighted by Gasteiger charge is -2.09. The van der Waals surface area contributed by atoms with Crippen LogP contribution in [0.25, 0.3) is 0 Å². The second-order valence-electron chi connectivity index (χ2n) is 3.72. The highest BCUT2D eigenvalue weighted by Gasteiger charge is 2.06. The minimum absolute atomic E-state index is 0.208. The Labute approximate surface area is 97.6 Å². The van der Waals surface area contributed by atoms with Crippen molar-refractivity contribution in [2.24, 2.45) is 0 Å². The van der Waals surface area contributed by atoms with Crippen molar-refractivity contribution in [2.45, 2.75) is 6.92 Å². The summed E-state index contributed by atoms with van der Waals surface area (Å²) < 4.78 is 31.0. The number of halogens is 2. The van der Waals surface area contributed by atoms with Gasteiger partial charge >= 0.3 is 0 Å². The van der Waals surface area contributed by atoms with Crippen molar-refractivity contribution >= 4 is 5.69 Å². The van der Waals surface area contributed by atoms with Crippen LogP contribution in [0.2, 0.25) is 0 Å². The molecule has 0 aliphatic carbocycles. The van der Waals surface area contributed by atoms with Gasteiger partial charge in [-0.2, -0.15) is 0 Å². The highest BCUT2D eigenvalue weighted by molar-refractivity contribution is 5.55. The minimum Gasteiger partial charge on any atom is -0.455 e. The van der Waals surface area contributed by atoms with Crippen LogP contribution >= 0.6 is 0 Å². The lowest BCUT2D eigenvalue weighted by molar-refractivity contribution is 0.463. The Balaban J connectivity index is 2.28. The third-order valence-electron chi connectivity index (χ3n) is 2.28. The van der Waals surface area contributed by atoms with E-state index in [4.69, 9.17) is 10.5 Å². The average molecular weight is 235 g/mol. The fourth-order valence-corrected chi connectivity index (χ4v) is 1.43. The number of anilines is 1. The largest absolute Gasteiger partial charge is 0.455 e. The van der Waals surface area contributed by atoms with Gasteiger partial charge in [-0.3, -0.25) is 0 Å². The highest BCUT2D eigenvalue weighted by Crippen LogP contribution is 2.28. The Hall–Kier alpha value is -2.10. The van der Waals surface area contributed by atoms with Gasteiger partial charge in [-0.1, -0.05) is 6.07 Å². The van der Waals surface area contributed by atoms with Crippen LogP contribution in [0.1, 0.15) is 5.56 Å². The van der Waals surface area contributed by atoms with Crippen molar-refractivity contribution in [3.63, 3.8) is 0 Å². The van der Waals surface area contributed by atoms with Crippen LogP contribution in [-0.4, -0.2) is 0 Å². The first-order valence-corrected chi connectivity index (χ1v) is 5.05. The van der Waals surface area contributed by atoms with Gasteiger partial charge in [0.1, 0.15) is 11.5 Å². The van der Waals surface area contributed by atoms with Gasteiger partial charge in [0.15, 0.2) is 11.6 Å². The summed E-state index contributed by atoms with van der Waals surface area (Å²) in [7, 11) is 0. The molecule has 0 aliphatic rings. The van der Waals surface area contributed by atoms with Gasteiger partial charge < -0.3 is 10.5 Å². The standard InChI is InChI=1S/C13H11F2NO/c1-8-2-5-13(12(16)6-8)17-9-3-4-10(14)11(15)7-9/h2-7H,16H2,1H3. The number of benzene rings is 2. The van der Waals surface area contributed by atoms with E-state index in [2.05, 4.69) is 0 Å². The fraction of sp³-hybridized carbons (Fsp3) is 0.0769. The first-order valence-electron chi connectivity index (χ1n) is 5.05. The van der Waals surface area contributed by atoms with Crippen LogP contribution in [0, 0.1) is 18.6 Å². The number of nitrogens with two attached hydrogens (primary N) is 1. The Morgan fingerprint density at radius 1 is 1.00 bits per heavy atom. The molecular formula is C13H11F2NO. The highest BCUT2D eigenvalue weighted by atomic mass is 19.2. The lowest BCUT2D eigenvalue weighted by Crippen LogP contribution is -1.93. The average Bonchev–Trinajstić information content (AvgIpc) is 2.27. The van der Waals surface area contributed by atoms with E-state index in [1.807, 2.05) is 13.0 Å². The van der Waals surface area contributed by atoms with Crippen molar-refractivity contribution in [1.82, 2.24) is 0 Å². The number of hydrogen-bond acceptors (Lipinski definition) is 2. The molecular weight excluding hydrogens is 224 g/mol. The molecule has 17 heavy (non-hydrogen) atoms. The summed E-state index contributed by atoms with van der Waals surface area (Å²) in [6.07, 6.45) is 0. The maximum Gasteiger partial charge on any atom is 0.162 e.